The van der Waals surface area contributed by atoms with Gasteiger partial charge in [-0.2, -0.15) is 0 Å². The Morgan fingerprint density at radius 2 is 1.84 bits per heavy atom. The Morgan fingerprint density at radius 1 is 1.06 bits per heavy atom. The van der Waals surface area contributed by atoms with Gasteiger partial charge in [-0.3, -0.25) is 4.79 Å². The molecule has 31 heavy (non-hydrogen) atoms. The number of halogens is 1. The molecule has 0 unspecified atom stereocenters. The Hall–Kier alpha value is -2.76. The molecule has 5 rings (SSSR count). The second-order valence-corrected chi connectivity index (χ2v) is 9.17. The summed E-state index contributed by atoms with van der Waals surface area (Å²) in [6.07, 6.45) is 8.08. The van der Waals surface area contributed by atoms with Crippen LogP contribution in [0.4, 0.5) is 4.39 Å². The van der Waals surface area contributed by atoms with Gasteiger partial charge in [0.15, 0.2) is 5.69 Å². The van der Waals surface area contributed by atoms with Crippen LogP contribution in [0.3, 0.4) is 0 Å². The number of carbonyl (C=O) groups is 2. The van der Waals surface area contributed by atoms with Gasteiger partial charge in [-0.25, -0.2) is 14.2 Å². The van der Waals surface area contributed by atoms with Crippen molar-refractivity contribution in [3.05, 3.63) is 65.2 Å². The van der Waals surface area contributed by atoms with E-state index in [0.29, 0.717) is 37.3 Å². The Kier molecular flexibility index (Phi) is 5.24. The largest absolute Gasteiger partial charge is 0.449 e. The molecule has 1 aliphatic heterocycles. The minimum atomic E-state index is -0.611. The van der Waals surface area contributed by atoms with Crippen molar-refractivity contribution in [1.29, 1.82) is 0 Å². The van der Waals surface area contributed by atoms with Crippen LogP contribution >= 0.6 is 0 Å². The number of aromatic nitrogens is 1. The summed E-state index contributed by atoms with van der Waals surface area (Å²) in [6.45, 7) is 0. The van der Waals surface area contributed by atoms with Crippen molar-refractivity contribution in [3.8, 4) is 0 Å². The number of hydrogen-bond donors (Lipinski definition) is 1. The first kappa shape index (κ1) is 20.2. The van der Waals surface area contributed by atoms with Crippen molar-refractivity contribution in [3.63, 3.8) is 0 Å². The number of rotatable bonds is 3. The highest BCUT2D eigenvalue weighted by atomic mass is 19.1. The first-order chi connectivity index (χ1) is 15.0. The Balaban J connectivity index is 1.14. The molecule has 1 aromatic carbocycles. The van der Waals surface area contributed by atoms with Gasteiger partial charge in [0.1, 0.15) is 11.4 Å². The number of amides is 1. The fraction of sp³-hybridized carbons (Fsp3) is 0.480. The van der Waals surface area contributed by atoms with Crippen molar-refractivity contribution in [2.75, 3.05) is 0 Å². The van der Waals surface area contributed by atoms with Crippen molar-refractivity contribution in [2.45, 2.75) is 68.9 Å². The number of pyridine rings is 1. The fourth-order valence-corrected chi connectivity index (χ4v) is 5.58. The zero-order valence-corrected chi connectivity index (χ0v) is 17.5. The maximum absolute atomic E-state index is 13.5. The molecular formula is C25H27FN2O3. The third kappa shape index (κ3) is 3.84. The van der Waals surface area contributed by atoms with Crippen molar-refractivity contribution in [1.82, 2.24) is 10.3 Å². The second kappa shape index (κ2) is 8.06. The molecule has 2 aromatic rings. The van der Waals surface area contributed by atoms with Gasteiger partial charge in [-0.15, -0.1) is 0 Å². The van der Waals surface area contributed by atoms with Gasteiger partial charge >= 0.3 is 5.97 Å². The number of nitrogens with one attached hydrogen (secondary N) is 1. The van der Waals surface area contributed by atoms with Gasteiger partial charge in [0.2, 0.25) is 5.91 Å². The summed E-state index contributed by atoms with van der Waals surface area (Å²) in [5.74, 6) is -0.113. The molecule has 5 nitrogen and oxygen atoms in total. The number of carbonyl (C=O) groups excluding carboxylic acids is 2. The van der Waals surface area contributed by atoms with Crippen LogP contribution in [0.2, 0.25) is 0 Å². The van der Waals surface area contributed by atoms with E-state index in [4.69, 9.17) is 4.74 Å². The Bertz CT molecular complexity index is 992. The third-order valence-corrected chi connectivity index (χ3v) is 7.34. The molecule has 6 heteroatoms. The molecule has 1 amide bonds. The smallest absolute Gasteiger partial charge is 0.358 e. The van der Waals surface area contributed by atoms with Gasteiger partial charge in [-0.05, 0) is 81.0 Å². The van der Waals surface area contributed by atoms with E-state index in [0.717, 1.165) is 36.8 Å². The van der Waals surface area contributed by atoms with Crippen LogP contribution < -0.4 is 5.32 Å². The van der Waals surface area contributed by atoms with Gasteiger partial charge in [-0.1, -0.05) is 18.2 Å². The summed E-state index contributed by atoms with van der Waals surface area (Å²) in [5.41, 5.74) is 1.73. The van der Waals surface area contributed by atoms with E-state index in [9.17, 15) is 14.0 Å². The predicted octanol–water partition coefficient (Wildman–Crippen LogP) is 4.62. The summed E-state index contributed by atoms with van der Waals surface area (Å²) in [4.78, 5) is 29.3. The fourth-order valence-electron chi connectivity index (χ4n) is 5.58. The molecule has 2 fully saturated rings. The van der Waals surface area contributed by atoms with E-state index in [1.165, 1.54) is 6.07 Å². The molecule has 0 saturated heterocycles. The maximum atomic E-state index is 13.5. The lowest BCUT2D eigenvalue weighted by molar-refractivity contribution is -0.129. The topological polar surface area (TPSA) is 68.3 Å². The molecule has 2 aliphatic carbocycles. The van der Waals surface area contributed by atoms with E-state index >= 15 is 0 Å². The highest BCUT2D eigenvalue weighted by Crippen LogP contribution is 2.47. The van der Waals surface area contributed by atoms with Crippen LogP contribution in [0.5, 0.6) is 0 Å². The van der Waals surface area contributed by atoms with E-state index in [1.54, 1.807) is 18.3 Å². The van der Waals surface area contributed by atoms with Crippen LogP contribution in [-0.2, 0) is 15.1 Å². The number of nitrogens with zero attached hydrogens (tertiary/aromatic N) is 1. The zero-order chi connectivity index (χ0) is 21.4. The lowest BCUT2D eigenvalue weighted by Crippen LogP contribution is -2.43. The summed E-state index contributed by atoms with van der Waals surface area (Å²) < 4.78 is 19.2. The van der Waals surface area contributed by atoms with Crippen molar-refractivity contribution >= 4 is 11.9 Å². The molecule has 0 atom stereocenters. The highest BCUT2D eigenvalue weighted by Gasteiger charge is 2.49. The summed E-state index contributed by atoms with van der Waals surface area (Å²) in [7, 11) is 0. The molecule has 2 saturated carbocycles. The van der Waals surface area contributed by atoms with Crippen molar-refractivity contribution < 1.29 is 18.7 Å². The highest BCUT2D eigenvalue weighted by molar-refractivity contribution is 5.92. The molecule has 1 N–H and O–H groups in total. The van der Waals surface area contributed by atoms with Crippen LogP contribution in [0.1, 0.15) is 78.9 Å². The lowest BCUT2D eigenvalue weighted by Gasteiger charge is -2.36. The van der Waals surface area contributed by atoms with E-state index in [-0.39, 0.29) is 29.7 Å². The molecule has 3 aliphatic rings. The van der Waals surface area contributed by atoms with Gasteiger partial charge < -0.3 is 10.1 Å². The summed E-state index contributed by atoms with van der Waals surface area (Å²) in [5, 5.41) is 3.25. The number of ether oxygens (including phenoxy) is 1. The minimum Gasteiger partial charge on any atom is -0.449 e. The molecular weight excluding hydrogens is 395 g/mol. The first-order valence-electron chi connectivity index (χ1n) is 11.3. The third-order valence-electron chi connectivity index (χ3n) is 7.34. The predicted molar refractivity (Wildman–Crippen MR) is 113 cm³/mol. The Morgan fingerprint density at radius 3 is 2.58 bits per heavy atom. The molecule has 1 spiro atoms. The SMILES string of the molecule is O=C1OC2(CCC(C(=O)NC3CCC(c4cccc(F)c4)CC3)CC2)c2cccnc21. The summed E-state index contributed by atoms with van der Waals surface area (Å²) in [6, 6.07) is 10.8. The number of hydrogen-bond acceptors (Lipinski definition) is 4. The Labute approximate surface area is 181 Å². The molecule has 1 aromatic heterocycles. The average Bonchev–Trinajstić information content (AvgIpc) is 3.06. The molecule has 2 heterocycles. The number of esters is 1. The van der Waals surface area contributed by atoms with E-state index < -0.39 is 5.60 Å². The van der Waals surface area contributed by atoms with Crippen LogP contribution in [-0.4, -0.2) is 22.9 Å². The normalized spacial score (nSPS) is 30.0. The zero-order valence-electron chi connectivity index (χ0n) is 17.5. The quantitative estimate of drug-likeness (QED) is 0.733. The van der Waals surface area contributed by atoms with Gasteiger partial charge in [0.05, 0.1) is 0 Å². The summed E-state index contributed by atoms with van der Waals surface area (Å²) >= 11 is 0. The maximum Gasteiger partial charge on any atom is 0.358 e. The van der Waals surface area contributed by atoms with Gasteiger partial charge in [0, 0.05) is 23.7 Å². The monoisotopic (exact) mass is 422 g/mol. The van der Waals surface area contributed by atoms with E-state index in [1.807, 2.05) is 18.2 Å². The molecule has 0 radical (unpaired) electrons. The minimum absolute atomic E-state index is 0.0500. The standard InChI is InChI=1S/C25H27FN2O3/c26-19-4-1-3-18(15-19)16-6-8-20(9-7-16)28-23(29)17-10-12-25(13-11-17)21-5-2-14-27-22(21)24(30)31-25/h1-5,14-17,20H,6-13H2,(H,28,29). The van der Waals surface area contributed by atoms with Crippen molar-refractivity contribution in [2.24, 2.45) is 5.92 Å². The number of benzene rings is 1. The van der Waals surface area contributed by atoms with Crippen LogP contribution in [0.25, 0.3) is 0 Å². The number of fused-ring (bicyclic) bond motifs is 2. The first-order valence-corrected chi connectivity index (χ1v) is 11.3. The molecule has 162 valence electrons. The second-order valence-electron chi connectivity index (χ2n) is 9.17. The van der Waals surface area contributed by atoms with Crippen LogP contribution in [0.15, 0.2) is 42.6 Å². The lowest BCUT2D eigenvalue weighted by atomic mass is 9.75. The van der Waals surface area contributed by atoms with E-state index in [2.05, 4.69) is 10.3 Å². The van der Waals surface area contributed by atoms with Crippen LogP contribution in [0, 0.1) is 11.7 Å². The van der Waals surface area contributed by atoms with Gasteiger partial charge in [0.25, 0.3) is 0 Å². The average molecular weight is 423 g/mol. The molecule has 0 bridgehead atoms.